The molecule has 0 aliphatic carbocycles. The van der Waals surface area contributed by atoms with Gasteiger partial charge in [0.1, 0.15) is 0 Å². The van der Waals surface area contributed by atoms with Crippen molar-refractivity contribution in [3.63, 3.8) is 0 Å². The second-order valence-corrected chi connectivity index (χ2v) is 7.77. The molecule has 0 bridgehead atoms. The zero-order chi connectivity index (χ0) is 22.4. The predicted molar refractivity (Wildman–Crippen MR) is 102 cm³/mol. The highest BCUT2D eigenvalue weighted by Crippen LogP contribution is 2.41. The minimum atomic E-state index is -5.08. The van der Waals surface area contributed by atoms with E-state index in [9.17, 15) is 18.0 Å². The van der Waals surface area contributed by atoms with Crippen LogP contribution in [0.2, 0.25) is 0 Å². The van der Waals surface area contributed by atoms with Gasteiger partial charge in [-0.3, -0.25) is 14.4 Å². The van der Waals surface area contributed by atoms with Crippen LogP contribution in [0.25, 0.3) is 0 Å². The van der Waals surface area contributed by atoms with Crippen molar-refractivity contribution in [3.05, 3.63) is 18.0 Å². The van der Waals surface area contributed by atoms with Gasteiger partial charge in [0.25, 0.3) is 0 Å². The average Bonchev–Trinajstić information content (AvgIpc) is 3.13. The van der Waals surface area contributed by atoms with Gasteiger partial charge < -0.3 is 14.7 Å². The number of carboxylic acid groups (broad SMARTS) is 1. The van der Waals surface area contributed by atoms with Crippen molar-refractivity contribution in [2.45, 2.75) is 38.4 Å². The van der Waals surface area contributed by atoms with Gasteiger partial charge in [0, 0.05) is 45.6 Å². The normalized spacial score (nSPS) is 22.7. The lowest BCUT2D eigenvalue weighted by Gasteiger charge is -2.26. The number of hydrogen-bond acceptors (Lipinski definition) is 5. The van der Waals surface area contributed by atoms with Crippen LogP contribution in [0.3, 0.4) is 0 Å². The minimum Gasteiger partial charge on any atom is -0.475 e. The summed E-state index contributed by atoms with van der Waals surface area (Å²) in [6.45, 7) is 5.27. The summed E-state index contributed by atoms with van der Waals surface area (Å²) in [4.78, 5) is 26.2. The number of alkyl halides is 3. The predicted octanol–water partition coefficient (Wildman–Crippen LogP) is 1.90. The number of carbonyl (C=O) groups is 2. The second kappa shape index (κ2) is 10.3. The van der Waals surface area contributed by atoms with Gasteiger partial charge >= 0.3 is 12.1 Å². The van der Waals surface area contributed by atoms with Crippen molar-refractivity contribution >= 4 is 11.9 Å². The Labute approximate surface area is 173 Å². The highest BCUT2D eigenvalue weighted by molar-refractivity contribution is 5.84. The molecule has 0 saturated carbocycles. The Morgan fingerprint density at radius 1 is 1.27 bits per heavy atom. The molecule has 170 valence electrons. The lowest BCUT2D eigenvalue weighted by atomic mass is 9.79. The molecular formula is C19H29F3N4O4. The lowest BCUT2D eigenvalue weighted by Crippen LogP contribution is -2.37. The summed E-state index contributed by atoms with van der Waals surface area (Å²) < 4.78 is 38.7. The molecular weight excluding hydrogens is 405 g/mol. The van der Waals surface area contributed by atoms with Crippen LogP contribution in [0, 0.1) is 5.41 Å². The summed E-state index contributed by atoms with van der Waals surface area (Å²) in [5.74, 6) is -2.40. The van der Waals surface area contributed by atoms with Crippen molar-refractivity contribution in [3.8, 4) is 0 Å². The first-order valence-electron chi connectivity index (χ1n) is 9.86. The maximum atomic E-state index is 12.8. The molecule has 11 heteroatoms. The average molecular weight is 434 g/mol. The number of methoxy groups -OCH3 is 1. The molecule has 1 spiro atoms. The molecule has 0 aromatic carbocycles. The van der Waals surface area contributed by atoms with E-state index in [1.54, 1.807) is 7.11 Å². The summed E-state index contributed by atoms with van der Waals surface area (Å²) in [7, 11) is 3.64. The molecule has 3 heterocycles. The highest BCUT2D eigenvalue weighted by atomic mass is 19.4. The quantitative estimate of drug-likeness (QED) is 0.762. The Morgan fingerprint density at radius 2 is 1.93 bits per heavy atom. The van der Waals surface area contributed by atoms with E-state index in [4.69, 9.17) is 14.6 Å². The van der Waals surface area contributed by atoms with Gasteiger partial charge in [-0.25, -0.2) is 4.79 Å². The van der Waals surface area contributed by atoms with Gasteiger partial charge in [-0.15, -0.1) is 0 Å². The zero-order valence-electron chi connectivity index (χ0n) is 17.3. The molecule has 0 radical (unpaired) electrons. The van der Waals surface area contributed by atoms with E-state index < -0.39 is 12.1 Å². The van der Waals surface area contributed by atoms with Crippen LogP contribution in [0.5, 0.6) is 0 Å². The molecule has 2 aliphatic rings. The smallest absolute Gasteiger partial charge is 0.475 e. The SMILES string of the molecule is COCCN1CCC2(CCCN(Cc3cnn(C)c3)CC2)C1=O.O=C(O)C(F)(F)F. The van der Waals surface area contributed by atoms with Crippen LogP contribution in [-0.4, -0.2) is 82.6 Å². The Bertz CT molecular complexity index is 725. The fourth-order valence-electron chi connectivity index (χ4n) is 3.99. The molecule has 1 atom stereocenters. The number of hydrogen-bond donors (Lipinski definition) is 1. The monoisotopic (exact) mass is 434 g/mol. The molecule has 2 fully saturated rings. The fourth-order valence-corrected chi connectivity index (χ4v) is 3.99. The summed E-state index contributed by atoms with van der Waals surface area (Å²) in [6.07, 6.45) is 3.05. The number of amides is 1. The van der Waals surface area contributed by atoms with E-state index in [1.165, 1.54) is 5.56 Å². The fraction of sp³-hybridized carbons (Fsp3) is 0.737. The van der Waals surface area contributed by atoms with Gasteiger partial charge in [0.15, 0.2) is 0 Å². The van der Waals surface area contributed by atoms with Crippen molar-refractivity contribution in [2.24, 2.45) is 12.5 Å². The summed E-state index contributed by atoms with van der Waals surface area (Å²) in [5.41, 5.74) is 1.14. The molecule has 2 aliphatic heterocycles. The van der Waals surface area contributed by atoms with Crippen molar-refractivity contribution < 1.29 is 32.6 Å². The largest absolute Gasteiger partial charge is 0.490 e. The van der Waals surface area contributed by atoms with E-state index in [1.807, 2.05) is 22.8 Å². The molecule has 2 saturated heterocycles. The van der Waals surface area contributed by atoms with E-state index in [-0.39, 0.29) is 5.41 Å². The third-order valence-corrected chi connectivity index (χ3v) is 5.61. The number of aryl methyl sites for hydroxylation is 1. The number of rotatable bonds is 5. The van der Waals surface area contributed by atoms with E-state index in [0.717, 1.165) is 58.4 Å². The number of aliphatic carboxylic acids is 1. The topological polar surface area (TPSA) is 87.9 Å². The molecule has 30 heavy (non-hydrogen) atoms. The van der Waals surface area contributed by atoms with Crippen LogP contribution in [0.1, 0.15) is 31.2 Å². The first-order chi connectivity index (χ1) is 14.1. The van der Waals surface area contributed by atoms with Crippen LogP contribution in [-0.2, 0) is 27.9 Å². The molecule has 1 amide bonds. The summed E-state index contributed by atoms with van der Waals surface area (Å²) >= 11 is 0. The third kappa shape index (κ3) is 6.43. The number of carbonyl (C=O) groups excluding carboxylic acids is 1. The van der Waals surface area contributed by atoms with Crippen LogP contribution in [0.15, 0.2) is 12.4 Å². The van der Waals surface area contributed by atoms with Crippen molar-refractivity contribution in [2.75, 3.05) is 39.9 Å². The summed E-state index contributed by atoms with van der Waals surface area (Å²) in [6, 6.07) is 0. The Hall–Kier alpha value is -2.14. The number of likely N-dealkylation sites (tertiary alicyclic amines) is 2. The molecule has 1 N–H and O–H groups in total. The first-order valence-corrected chi connectivity index (χ1v) is 9.86. The third-order valence-electron chi connectivity index (χ3n) is 5.61. The van der Waals surface area contributed by atoms with Crippen LogP contribution in [0.4, 0.5) is 13.2 Å². The van der Waals surface area contributed by atoms with E-state index >= 15 is 0 Å². The number of halogens is 3. The Balaban J connectivity index is 0.000000396. The lowest BCUT2D eigenvalue weighted by molar-refractivity contribution is -0.192. The first kappa shape index (κ1) is 24.1. The van der Waals surface area contributed by atoms with Gasteiger partial charge in [-0.05, 0) is 38.8 Å². The Kier molecular flexibility index (Phi) is 8.25. The van der Waals surface area contributed by atoms with Gasteiger partial charge in [0.2, 0.25) is 5.91 Å². The van der Waals surface area contributed by atoms with Crippen molar-refractivity contribution in [1.82, 2.24) is 19.6 Å². The maximum Gasteiger partial charge on any atom is 0.490 e. The minimum absolute atomic E-state index is 0.114. The molecule has 1 aromatic heterocycles. The van der Waals surface area contributed by atoms with Gasteiger partial charge in [0.05, 0.1) is 18.2 Å². The second-order valence-electron chi connectivity index (χ2n) is 7.77. The molecule has 3 rings (SSSR count). The number of ether oxygens (including phenoxy) is 1. The zero-order valence-corrected chi connectivity index (χ0v) is 17.3. The molecule has 8 nitrogen and oxygen atoms in total. The Morgan fingerprint density at radius 3 is 2.50 bits per heavy atom. The van der Waals surface area contributed by atoms with E-state index in [2.05, 4.69) is 16.2 Å². The molecule has 1 unspecified atom stereocenters. The number of nitrogens with zero attached hydrogens (tertiary/aromatic N) is 4. The maximum absolute atomic E-state index is 12.8. The van der Waals surface area contributed by atoms with Crippen LogP contribution >= 0.6 is 0 Å². The van der Waals surface area contributed by atoms with Gasteiger partial charge in [-0.2, -0.15) is 18.3 Å². The van der Waals surface area contributed by atoms with Crippen molar-refractivity contribution in [1.29, 1.82) is 0 Å². The van der Waals surface area contributed by atoms with Crippen LogP contribution < -0.4 is 0 Å². The standard InChI is InChI=1S/C17H28N4O2.C2HF3O2/c1-19-13-15(12-18-19)14-20-7-3-4-17(5-8-20)6-9-21(16(17)22)10-11-23-2;3-2(4,5)1(6)7/h12-13H,3-11,14H2,1-2H3;(H,6,7). The van der Waals surface area contributed by atoms with E-state index in [0.29, 0.717) is 12.5 Å². The highest BCUT2D eigenvalue weighted by Gasteiger charge is 2.46. The number of aromatic nitrogens is 2. The summed E-state index contributed by atoms with van der Waals surface area (Å²) in [5, 5.41) is 11.4. The number of carboxylic acids is 1. The van der Waals surface area contributed by atoms with Gasteiger partial charge in [-0.1, -0.05) is 0 Å². The molecule has 1 aromatic rings.